The van der Waals surface area contributed by atoms with E-state index in [0.717, 1.165) is 37.4 Å². The maximum Gasteiger partial charge on any atom is 0.193 e. The van der Waals surface area contributed by atoms with Gasteiger partial charge in [0.05, 0.1) is 6.54 Å². The Hall–Kier alpha value is -1.03. The van der Waals surface area contributed by atoms with Crippen molar-refractivity contribution in [2.75, 3.05) is 20.1 Å². The van der Waals surface area contributed by atoms with Crippen molar-refractivity contribution in [1.29, 1.82) is 0 Å². The van der Waals surface area contributed by atoms with Crippen LogP contribution in [0.1, 0.15) is 30.0 Å². The first kappa shape index (κ1) is 14.4. The van der Waals surface area contributed by atoms with Crippen LogP contribution in [0.5, 0.6) is 0 Å². The number of thiophene rings is 1. The summed E-state index contributed by atoms with van der Waals surface area (Å²) in [6, 6.07) is 4.37. The molecule has 0 saturated carbocycles. The molecule has 4 heteroatoms. The lowest BCUT2D eigenvalue weighted by Gasteiger charge is -2.37. The topological polar surface area (TPSA) is 27.6 Å². The predicted molar refractivity (Wildman–Crippen MR) is 83.8 cm³/mol. The summed E-state index contributed by atoms with van der Waals surface area (Å²) in [5.74, 6) is 2.56. The number of piperidine rings is 1. The molecular formula is C15H25N3S. The van der Waals surface area contributed by atoms with Gasteiger partial charge in [0.15, 0.2) is 5.96 Å². The van der Waals surface area contributed by atoms with E-state index >= 15 is 0 Å². The Balaban J connectivity index is 1.93. The van der Waals surface area contributed by atoms with Crippen LogP contribution in [0.15, 0.2) is 17.1 Å². The Morgan fingerprint density at radius 1 is 1.37 bits per heavy atom. The van der Waals surface area contributed by atoms with Crippen LogP contribution >= 0.6 is 11.3 Å². The normalized spacial score (nSPS) is 24.6. The second kappa shape index (κ2) is 6.42. The number of likely N-dealkylation sites (tertiary alicyclic amines) is 1. The summed E-state index contributed by atoms with van der Waals surface area (Å²) in [7, 11) is 1.88. The van der Waals surface area contributed by atoms with Crippen molar-refractivity contribution in [2.45, 2.75) is 33.7 Å². The zero-order valence-corrected chi connectivity index (χ0v) is 13.3. The molecule has 0 spiro atoms. The molecule has 2 heterocycles. The number of aliphatic imine (C=N–C) groups is 1. The Morgan fingerprint density at radius 2 is 2.05 bits per heavy atom. The molecule has 0 radical (unpaired) electrons. The van der Waals surface area contributed by atoms with Gasteiger partial charge >= 0.3 is 0 Å². The van der Waals surface area contributed by atoms with Gasteiger partial charge in [-0.1, -0.05) is 13.8 Å². The number of aryl methyl sites for hydroxylation is 1. The first-order chi connectivity index (χ1) is 9.08. The Labute approximate surface area is 120 Å². The third kappa shape index (κ3) is 3.96. The predicted octanol–water partition coefficient (Wildman–Crippen LogP) is 3.11. The molecule has 0 bridgehead atoms. The molecule has 0 aliphatic carbocycles. The fourth-order valence-corrected chi connectivity index (χ4v) is 3.74. The maximum absolute atomic E-state index is 4.44. The van der Waals surface area contributed by atoms with Crippen LogP contribution in [-0.4, -0.2) is 31.0 Å². The third-order valence-electron chi connectivity index (χ3n) is 3.60. The van der Waals surface area contributed by atoms with Crippen LogP contribution in [0.4, 0.5) is 0 Å². The highest BCUT2D eigenvalue weighted by atomic mass is 32.1. The summed E-state index contributed by atoms with van der Waals surface area (Å²) < 4.78 is 0. The highest BCUT2D eigenvalue weighted by molar-refractivity contribution is 7.11. The quantitative estimate of drug-likeness (QED) is 0.665. The minimum Gasteiger partial charge on any atom is -0.351 e. The molecule has 2 rings (SSSR count). The summed E-state index contributed by atoms with van der Waals surface area (Å²) in [5, 5.41) is 3.50. The minimum absolute atomic E-state index is 0.756. The smallest absolute Gasteiger partial charge is 0.193 e. The molecule has 1 aromatic heterocycles. The lowest BCUT2D eigenvalue weighted by atomic mass is 9.92. The van der Waals surface area contributed by atoms with Crippen molar-refractivity contribution < 1.29 is 0 Å². The standard InChI is InChI=1S/C15H25N3S/c1-11-7-12(2)10-18(9-11)15(16-4)17-8-14-6-5-13(3)19-14/h5-6,11-12H,7-10H2,1-4H3,(H,16,17). The molecule has 1 saturated heterocycles. The Morgan fingerprint density at radius 3 is 2.58 bits per heavy atom. The SMILES string of the molecule is CN=C(NCc1ccc(C)s1)N1CC(C)CC(C)C1. The summed E-state index contributed by atoms with van der Waals surface area (Å²) in [6.07, 6.45) is 1.33. The monoisotopic (exact) mass is 279 g/mol. The third-order valence-corrected chi connectivity index (χ3v) is 4.60. The minimum atomic E-state index is 0.756. The molecule has 1 aromatic rings. The molecule has 19 heavy (non-hydrogen) atoms. The number of rotatable bonds is 2. The van der Waals surface area contributed by atoms with Crippen molar-refractivity contribution in [3.8, 4) is 0 Å². The van der Waals surface area contributed by atoms with Crippen molar-refractivity contribution in [2.24, 2.45) is 16.8 Å². The van der Waals surface area contributed by atoms with Gasteiger partial charge in [-0.15, -0.1) is 11.3 Å². The molecule has 3 nitrogen and oxygen atoms in total. The van der Waals surface area contributed by atoms with Gasteiger partial charge in [-0.05, 0) is 37.3 Å². The van der Waals surface area contributed by atoms with Crippen LogP contribution in [-0.2, 0) is 6.54 Å². The molecule has 1 fully saturated rings. The van der Waals surface area contributed by atoms with Gasteiger partial charge in [0, 0.05) is 29.9 Å². The Kier molecular flexibility index (Phi) is 4.86. The summed E-state index contributed by atoms with van der Waals surface area (Å²) >= 11 is 1.85. The zero-order chi connectivity index (χ0) is 13.8. The van der Waals surface area contributed by atoms with E-state index in [2.05, 4.69) is 48.1 Å². The van der Waals surface area contributed by atoms with E-state index in [1.807, 2.05) is 18.4 Å². The average molecular weight is 279 g/mol. The van der Waals surface area contributed by atoms with Crippen LogP contribution in [0.2, 0.25) is 0 Å². The van der Waals surface area contributed by atoms with E-state index in [1.54, 1.807) is 0 Å². The van der Waals surface area contributed by atoms with Gasteiger partial charge in [0.2, 0.25) is 0 Å². The number of guanidine groups is 1. The highest BCUT2D eigenvalue weighted by Gasteiger charge is 2.23. The second-order valence-electron chi connectivity index (χ2n) is 5.76. The fraction of sp³-hybridized carbons (Fsp3) is 0.667. The van der Waals surface area contributed by atoms with E-state index < -0.39 is 0 Å². The van der Waals surface area contributed by atoms with Gasteiger partial charge < -0.3 is 10.2 Å². The van der Waals surface area contributed by atoms with Crippen molar-refractivity contribution in [1.82, 2.24) is 10.2 Å². The van der Waals surface area contributed by atoms with Gasteiger partial charge in [-0.25, -0.2) is 0 Å². The largest absolute Gasteiger partial charge is 0.351 e. The average Bonchev–Trinajstić information content (AvgIpc) is 2.75. The molecule has 106 valence electrons. The maximum atomic E-state index is 4.44. The van der Waals surface area contributed by atoms with Crippen LogP contribution in [0.25, 0.3) is 0 Å². The highest BCUT2D eigenvalue weighted by Crippen LogP contribution is 2.21. The molecule has 1 aliphatic heterocycles. The lowest BCUT2D eigenvalue weighted by molar-refractivity contribution is 0.208. The molecule has 2 unspecified atom stereocenters. The summed E-state index contributed by atoms with van der Waals surface area (Å²) in [5.41, 5.74) is 0. The first-order valence-electron chi connectivity index (χ1n) is 7.09. The fourth-order valence-electron chi connectivity index (χ4n) is 2.91. The number of nitrogens with zero attached hydrogens (tertiary/aromatic N) is 2. The van der Waals surface area contributed by atoms with E-state index in [1.165, 1.54) is 16.2 Å². The molecule has 0 amide bonds. The van der Waals surface area contributed by atoms with Crippen molar-refractivity contribution in [3.63, 3.8) is 0 Å². The summed E-state index contributed by atoms with van der Waals surface area (Å²) in [6.45, 7) is 9.93. The van der Waals surface area contributed by atoms with Crippen LogP contribution in [0.3, 0.4) is 0 Å². The molecule has 1 N–H and O–H groups in total. The van der Waals surface area contributed by atoms with Crippen molar-refractivity contribution in [3.05, 3.63) is 21.9 Å². The number of nitrogens with one attached hydrogen (secondary N) is 1. The van der Waals surface area contributed by atoms with Crippen molar-refractivity contribution >= 4 is 17.3 Å². The van der Waals surface area contributed by atoms with Crippen LogP contribution < -0.4 is 5.32 Å². The number of hydrogen-bond acceptors (Lipinski definition) is 2. The Bertz CT molecular complexity index is 428. The summed E-state index contributed by atoms with van der Waals surface area (Å²) in [4.78, 5) is 9.58. The van der Waals surface area contributed by atoms with E-state index in [9.17, 15) is 0 Å². The first-order valence-corrected chi connectivity index (χ1v) is 7.91. The molecular weight excluding hydrogens is 254 g/mol. The van der Waals surface area contributed by atoms with Gasteiger partial charge in [0.1, 0.15) is 0 Å². The molecule has 0 aromatic carbocycles. The second-order valence-corrected chi connectivity index (χ2v) is 7.14. The van der Waals surface area contributed by atoms with Crippen LogP contribution in [0, 0.1) is 18.8 Å². The van der Waals surface area contributed by atoms with E-state index in [4.69, 9.17) is 0 Å². The van der Waals surface area contributed by atoms with E-state index in [0.29, 0.717) is 0 Å². The molecule has 2 atom stereocenters. The van der Waals surface area contributed by atoms with Gasteiger partial charge in [-0.2, -0.15) is 0 Å². The van der Waals surface area contributed by atoms with Gasteiger partial charge in [-0.3, -0.25) is 4.99 Å². The van der Waals surface area contributed by atoms with Gasteiger partial charge in [0.25, 0.3) is 0 Å². The lowest BCUT2D eigenvalue weighted by Crippen LogP contribution is -2.48. The zero-order valence-electron chi connectivity index (χ0n) is 12.4. The molecule has 1 aliphatic rings. The van der Waals surface area contributed by atoms with E-state index in [-0.39, 0.29) is 0 Å². The number of hydrogen-bond donors (Lipinski definition) is 1.